The number of aliphatic hydroxyl groups is 3. The molecule has 0 spiro atoms. The van der Waals surface area contributed by atoms with Gasteiger partial charge in [0.05, 0.1) is 25.4 Å². The summed E-state index contributed by atoms with van der Waals surface area (Å²) in [6, 6.07) is 3.94. The highest BCUT2D eigenvalue weighted by Gasteiger charge is 2.45. The molecule has 0 saturated heterocycles. The van der Waals surface area contributed by atoms with Gasteiger partial charge in [-0.25, -0.2) is 19.0 Å². The highest BCUT2D eigenvalue weighted by molar-refractivity contribution is 7.99. The first kappa shape index (κ1) is 24.0. The number of halogens is 1. The summed E-state index contributed by atoms with van der Waals surface area (Å²) in [5.74, 6) is -0.119. The molecule has 2 aliphatic rings. The standard InChI is InChI=1S/C24H31FN6O4S/c1-3-8-36-24-27-22(26-16-10-14(16)13-5-4-12(2)15(25)9-13)19-23(28-24)31(30-29-19)17-11-18(35-7-6-32)21(34)20(17)33/h4-5,9,14,16-18,20-21,32-34H,3,6-8,10-11H2,1-2H3,(H,26,27,28)/t14-,16+,17+,18-,20-,21+/m0/s1/i14D. The average molecular weight is 520 g/mol. The van der Waals surface area contributed by atoms with Crippen LogP contribution in [0.3, 0.4) is 0 Å². The molecule has 2 aliphatic carbocycles. The number of aryl methyl sites for hydroxylation is 1. The minimum atomic E-state index is -1.16. The lowest BCUT2D eigenvalue weighted by atomic mass is 10.1. The topological polar surface area (TPSA) is 138 Å². The molecule has 0 aliphatic heterocycles. The molecule has 1 aromatic carbocycles. The number of hydrogen-bond donors (Lipinski definition) is 4. The molecule has 0 unspecified atom stereocenters. The van der Waals surface area contributed by atoms with Crippen molar-refractivity contribution >= 4 is 28.7 Å². The SMILES string of the molecule is [2H][C@@]1(c2ccc(C)c(F)c2)C[C@H]1Nc1nc(SCCC)nc2c1nnn2[C@@H]1C[C@H](OCCO)[C@@H](O)[C@H]1O. The summed E-state index contributed by atoms with van der Waals surface area (Å²) in [4.78, 5) is 9.29. The van der Waals surface area contributed by atoms with Gasteiger partial charge >= 0.3 is 0 Å². The number of hydrogen-bond acceptors (Lipinski definition) is 10. The van der Waals surface area contributed by atoms with Crippen LogP contribution in [0, 0.1) is 12.7 Å². The van der Waals surface area contributed by atoms with Crippen molar-refractivity contribution in [2.24, 2.45) is 0 Å². The number of aliphatic hydroxyl groups excluding tert-OH is 3. The zero-order valence-corrected chi connectivity index (χ0v) is 21.0. The van der Waals surface area contributed by atoms with Gasteiger partial charge in [0.2, 0.25) is 0 Å². The van der Waals surface area contributed by atoms with Gasteiger partial charge in [0, 0.05) is 25.5 Å². The number of rotatable bonds is 10. The van der Waals surface area contributed by atoms with Crippen LogP contribution < -0.4 is 5.32 Å². The van der Waals surface area contributed by atoms with Crippen molar-refractivity contribution in [2.45, 2.75) is 74.6 Å². The van der Waals surface area contributed by atoms with Crippen molar-refractivity contribution in [1.29, 1.82) is 0 Å². The fourth-order valence-electron chi connectivity index (χ4n) is 4.55. The number of benzene rings is 1. The second-order valence-electron chi connectivity index (χ2n) is 9.22. The molecule has 194 valence electrons. The number of ether oxygens (including phenoxy) is 1. The van der Waals surface area contributed by atoms with E-state index in [2.05, 4.69) is 32.5 Å². The Labute approximate surface area is 213 Å². The first-order valence-electron chi connectivity index (χ1n) is 12.6. The maximum Gasteiger partial charge on any atom is 0.191 e. The number of anilines is 1. The monoisotopic (exact) mass is 519 g/mol. The third kappa shape index (κ3) is 4.92. The van der Waals surface area contributed by atoms with Crippen LogP contribution in [-0.2, 0) is 4.74 Å². The van der Waals surface area contributed by atoms with Gasteiger partial charge < -0.3 is 25.4 Å². The molecule has 0 radical (unpaired) electrons. The predicted molar refractivity (Wildman–Crippen MR) is 133 cm³/mol. The fourth-order valence-corrected chi connectivity index (χ4v) is 5.24. The average Bonchev–Trinajstić information content (AvgIpc) is 3.21. The van der Waals surface area contributed by atoms with E-state index in [0.717, 1.165) is 12.2 Å². The van der Waals surface area contributed by atoms with Gasteiger partial charge in [-0.2, -0.15) is 0 Å². The molecule has 0 bridgehead atoms. The molecule has 0 amide bonds. The minimum absolute atomic E-state index is 0.0501. The molecule has 10 nitrogen and oxygen atoms in total. The lowest BCUT2D eigenvalue weighted by Crippen LogP contribution is -2.33. The second-order valence-corrected chi connectivity index (χ2v) is 10.3. The van der Waals surface area contributed by atoms with Gasteiger partial charge in [-0.3, -0.25) is 0 Å². The van der Waals surface area contributed by atoms with E-state index in [4.69, 9.17) is 11.2 Å². The maximum atomic E-state index is 14.2. The van der Waals surface area contributed by atoms with E-state index in [-0.39, 0.29) is 31.5 Å². The highest BCUT2D eigenvalue weighted by atomic mass is 32.2. The summed E-state index contributed by atoms with van der Waals surface area (Å²) >= 11 is 1.47. The number of thioether (sulfide) groups is 1. The zero-order valence-electron chi connectivity index (χ0n) is 21.1. The smallest absolute Gasteiger partial charge is 0.191 e. The first-order valence-corrected chi connectivity index (χ1v) is 13.1. The van der Waals surface area contributed by atoms with E-state index in [1.54, 1.807) is 19.1 Å². The van der Waals surface area contributed by atoms with Crippen LogP contribution in [0.1, 0.15) is 50.6 Å². The Morgan fingerprint density at radius 3 is 2.86 bits per heavy atom. The van der Waals surface area contributed by atoms with Gasteiger partial charge in [0.1, 0.15) is 18.0 Å². The Morgan fingerprint density at radius 1 is 1.28 bits per heavy atom. The minimum Gasteiger partial charge on any atom is -0.394 e. The van der Waals surface area contributed by atoms with Crippen LogP contribution >= 0.6 is 11.8 Å². The van der Waals surface area contributed by atoms with Gasteiger partial charge in [-0.15, -0.1) is 5.10 Å². The normalized spacial score (nSPS) is 30.1. The lowest BCUT2D eigenvalue weighted by molar-refractivity contribution is -0.0629. The van der Waals surface area contributed by atoms with Crippen molar-refractivity contribution < 1.29 is 25.8 Å². The van der Waals surface area contributed by atoms with Gasteiger partial charge in [-0.05, 0) is 37.0 Å². The second kappa shape index (κ2) is 10.5. The molecule has 36 heavy (non-hydrogen) atoms. The highest BCUT2D eigenvalue weighted by Crippen LogP contribution is 2.44. The van der Waals surface area contributed by atoms with Crippen LogP contribution in [0.2, 0.25) is 0 Å². The van der Waals surface area contributed by atoms with E-state index < -0.39 is 30.2 Å². The largest absolute Gasteiger partial charge is 0.394 e. The van der Waals surface area contributed by atoms with Crippen LogP contribution in [-0.4, -0.2) is 83.6 Å². The van der Waals surface area contributed by atoms with Crippen LogP contribution in [0.25, 0.3) is 11.2 Å². The molecule has 6 atom stereocenters. The molecular weight excluding hydrogens is 487 g/mol. The van der Waals surface area contributed by atoms with Crippen LogP contribution in [0.15, 0.2) is 23.4 Å². The Hall–Kier alpha value is -2.38. The maximum absolute atomic E-state index is 14.2. The van der Waals surface area contributed by atoms with Crippen molar-refractivity contribution in [1.82, 2.24) is 25.0 Å². The van der Waals surface area contributed by atoms with Crippen molar-refractivity contribution in [3.05, 3.63) is 35.1 Å². The Morgan fingerprint density at radius 2 is 2.11 bits per heavy atom. The van der Waals surface area contributed by atoms with E-state index in [9.17, 15) is 14.6 Å². The summed E-state index contributed by atoms with van der Waals surface area (Å²) in [5, 5.41) is 42.6. The van der Waals surface area contributed by atoms with E-state index in [1.165, 1.54) is 22.5 Å². The molecule has 2 fully saturated rings. The molecule has 12 heteroatoms. The number of nitrogens with one attached hydrogen (secondary N) is 1. The summed E-state index contributed by atoms with van der Waals surface area (Å²) in [6.45, 7) is 3.60. The van der Waals surface area contributed by atoms with Gasteiger partial charge in [0.15, 0.2) is 22.1 Å². The molecule has 2 saturated carbocycles. The lowest BCUT2D eigenvalue weighted by Gasteiger charge is -2.17. The summed E-state index contributed by atoms with van der Waals surface area (Å²) in [5.41, 5.74) is 1.91. The van der Waals surface area contributed by atoms with Crippen LogP contribution in [0.5, 0.6) is 0 Å². The van der Waals surface area contributed by atoms with E-state index in [0.29, 0.717) is 39.7 Å². The van der Waals surface area contributed by atoms with Crippen molar-refractivity contribution in [2.75, 3.05) is 24.3 Å². The molecule has 3 aromatic rings. The molecule has 5 rings (SSSR count). The Balaban J connectivity index is 1.45. The first-order chi connectivity index (χ1) is 17.8. The van der Waals surface area contributed by atoms with E-state index in [1.807, 2.05) is 0 Å². The molecule has 2 aromatic heterocycles. The van der Waals surface area contributed by atoms with Crippen molar-refractivity contribution in [3.8, 4) is 0 Å². The van der Waals surface area contributed by atoms with Gasteiger partial charge in [-0.1, -0.05) is 36.0 Å². The Bertz CT molecular complexity index is 1280. The number of nitrogens with zero attached hydrogens (tertiary/aromatic N) is 5. The fraction of sp³-hybridized carbons (Fsp3) is 0.583. The molecule has 4 N–H and O–H groups in total. The summed E-state index contributed by atoms with van der Waals surface area (Å²) < 4.78 is 30.0. The summed E-state index contributed by atoms with van der Waals surface area (Å²) in [7, 11) is 0. The molecule has 2 heterocycles. The van der Waals surface area contributed by atoms with Crippen LogP contribution in [0.4, 0.5) is 10.2 Å². The predicted octanol–water partition coefficient (Wildman–Crippen LogP) is 2.18. The number of aromatic nitrogens is 5. The third-order valence-corrected chi connectivity index (χ3v) is 7.67. The summed E-state index contributed by atoms with van der Waals surface area (Å²) in [6.07, 6.45) is -1.31. The zero-order chi connectivity index (χ0) is 26.3. The van der Waals surface area contributed by atoms with E-state index >= 15 is 0 Å². The third-order valence-electron chi connectivity index (χ3n) is 6.61. The number of fused-ring (bicyclic) bond motifs is 1. The Kier molecular flexibility index (Phi) is 7.02. The molecular formula is C24H31FN6O4S. The van der Waals surface area contributed by atoms with Gasteiger partial charge in [0.25, 0.3) is 0 Å². The van der Waals surface area contributed by atoms with Crippen molar-refractivity contribution in [3.63, 3.8) is 0 Å². The quantitative estimate of drug-likeness (QED) is 0.233.